The molecule has 2 atom stereocenters. The van der Waals surface area contributed by atoms with Gasteiger partial charge in [-0.2, -0.15) is 0 Å². The summed E-state index contributed by atoms with van der Waals surface area (Å²) in [6.07, 6.45) is 12.7. The smallest absolute Gasteiger partial charge is 0.0789 e. The lowest BCUT2D eigenvalue weighted by Gasteiger charge is -2.23. The normalized spacial score (nSPS) is 33.2. The van der Waals surface area contributed by atoms with Crippen molar-refractivity contribution in [2.45, 2.75) is 95.7 Å². The fourth-order valence-corrected chi connectivity index (χ4v) is 3.54. The van der Waals surface area contributed by atoms with Crippen LogP contribution in [0.5, 0.6) is 0 Å². The average Bonchev–Trinajstić information content (AvgIpc) is 3.11. The van der Waals surface area contributed by atoms with Crippen molar-refractivity contribution in [3.63, 3.8) is 0 Å². The molecule has 0 aromatic carbocycles. The number of unbranched alkanes of at least 4 members (excludes halogenated alkanes) is 5. The monoisotopic (exact) mass is 253 g/mol. The van der Waals surface area contributed by atoms with E-state index in [0.29, 0.717) is 6.04 Å². The van der Waals surface area contributed by atoms with E-state index in [1.54, 1.807) is 0 Å². The first-order valence-electron chi connectivity index (χ1n) is 8.13. The van der Waals surface area contributed by atoms with Crippen molar-refractivity contribution < 1.29 is 5.11 Å². The summed E-state index contributed by atoms with van der Waals surface area (Å²) in [6, 6.07) is 1.40. The largest absolute Gasteiger partial charge is 0.388 e. The maximum Gasteiger partial charge on any atom is 0.0789 e. The summed E-state index contributed by atoms with van der Waals surface area (Å²) in [4.78, 5) is 2.55. The zero-order valence-electron chi connectivity index (χ0n) is 12.3. The number of hydrogen-bond acceptors (Lipinski definition) is 2. The number of hydrogen-bond donors (Lipinski definition) is 1. The fraction of sp³-hybridized carbons (Fsp3) is 1.00. The lowest BCUT2D eigenvalue weighted by molar-refractivity contribution is 0.0371. The van der Waals surface area contributed by atoms with Gasteiger partial charge in [0.05, 0.1) is 5.60 Å². The van der Waals surface area contributed by atoms with E-state index in [0.717, 1.165) is 25.4 Å². The Hall–Kier alpha value is -0.0800. The molecule has 2 fully saturated rings. The van der Waals surface area contributed by atoms with Crippen LogP contribution in [-0.2, 0) is 0 Å². The highest BCUT2D eigenvalue weighted by molar-refractivity contribution is 5.00. The van der Waals surface area contributed by atoms with E-state index in [-0.39, 0.29) is 5.60 Å². The molecule has 18 heavy (non-hydrogen) atoms. The van der Waals surface area contributed by atoms with Crippen molar-refractivity contribution >= 4 is 0 Å². The second kappa shape index (κ2) is 6.38. The summed E-state index contributed by atoms with van der Waals surface area (Å²) in [5.74, 6) is 0. The first kappa shape index (κ1) is 14.3. The summed E-state index contributed by atoms with van der Waals surface area (Å²) >= 11 is 0. The van der Waals surface area contributed by atoms with E-state index in [4.69, 9.17) is 0 Å². The minimum atomic E-state index is -0.368. The summed E-state index contributed by atoms with van der Waals surface area (Å²) in [7, 11) is 0. The van der Waals surface area contributed by atoms with Crippen LogP contribution >= 0.6 is 0 Å². The minimum Gasteiger partial charge on any atom is -0.388 e. The van der Waals surface area contributed by atoms with Crippen LogP contribution in [0.2, 0.25) is 0 Å². The summed E-state index contributed by atoms with van der Waals surface area (Å²) in [5, 5.41) is 10.7. The van der Waals surface area contributed by atoms with E-state index < -0.39 is 0 Å². The molecule has 106 valence electrons. The molecule has 1 aliphatic carbocycles. The van der Waals surface area contributed by atoms with Crippen molar-refractivity contribution in [2.75, 3.05) is 6.54 Å². The Labute approximate surface area is 113 Å². The van der Waals surface area contributed by atoms with E-state index in [1.165, 1.54) is 51.4 Å². The van der Waals surface area contributed by atoms with Crippen LogP contribution in [0.4, 0.5) is 0 Å². The van der Waals surface area contributed by atoms with Gasteiger partial charge in [0.1, 0.15) is 0 Å². The second-order valence-corrected chi connectivity index (χ2v) is 6.70. The van der Waals surface area contributed by atoms with Crippen LogP contribution in [0.25, 0.3) is 0 Å². The Morgan fingerprint density at radius 3 is 2.44 bits per heavy atom. The number of likely N-dealkylation sites (tertiary alicyclic amines) is 1. The van der Waals surface area contributed by atoms with E-state index >= 15 is 0 Å². The third-order valence-corrected chi connectivity index (χ3v) is 4.73. The quantitative estimate of drug-likeness (QED) is 0.666. The summed E-state index contributed by atoms with van der Waals surface area (Å²) < 4.78 is 0. The van der Waals surface area contributed by atoms with Gasteiger partial charge in [-0.25, -0.2) is 0 Å². The van der Waals surface area contributed by atoms with Gasteiger partial charge in [-0.05, 0) is 32.6 Å². The van der Waals surface area contributed by atoms with Crippen LogP contribution in [0.3, 0.4) is 0 Å². The molecule has 1 aliphatic heterocycles. The maximum atomic E-state index is 10.7. The molecule has 2 aliphatic rings. The van der Waals surface area contributed by atoms with Crippen molar-refractivity contribution in [2.24, 2.45) is 0 Å². The minimum absolute atomic E-state index is 0.368. The number of aliphatic hydroxyl groups is 1. The highest BCUT2D eigenvalue weighted by atomic mass is 16.3. The lowest BCUT2D eigenvalue weighted by Crippen LogP contribution is -2.34. The lowest BCUT2D eigenvalue weighted by atomic mass is 9.93. The van der Waals surface area contributed by atoms with E-state index in [9.17, 15) is 5.11 Å². The van der Waals surface area contributed by atoms with Gasteiger partial charge in [-0.1, -0.05) is 45.4 Å². The summed E-state index contributed by atoms with van der Waals surface area (Å²) in [6.45, 7) is 5.49. The molecule has 1 saturated carbocycles. The van der Waals surface area contributed by atoms with Crippen LogP contribution in [0.1, 0.15) is 78.1 Å². The zero-order chi connectivity index (χ0) is 13.0. The van der Waals surface area contributed by atoms with Gasteiger partial charge < -0.3 is 5.11 Å². The Kier molecular flexibility index (Phi) is 5.08. The van der Waals surface area contributed by atoms with Crippen LogP contribution in [0, 0.1) is 0 Å². The molecule has 0 aromatic heterocycles. The van der Waals surface area contributed by atoms with Crippen LogP contribution in [-0.4, -0.2) is 34.2 Å². The first-order chi connectivity index (χ1) is 8.64. The molecular formula is C16H31NO. The molecule has 0 bridgehead atoms. The van der Waals surface area contributed by atoms with E-state index in [1.807, 2.05) is 0 Å². The molecule has 0 radical (unpaired) electrons. The molecule has 2 rings (SSSR count). The van der Waals surface area contributed by atoms with Crippen molar-refractivity contribution in [3.05, 3.63) is 0 Å². The third-order valence-electron chi connectivity index (χ3n) is 4.73. The molecule has 2 nitrogen and oxygen atoms in total. The molecule has 2 unspecified atom stereocenters. The van der Waals surface area contributed by atoms with E-state index in [2.05, 4.69) is 18.7 Å². The molecule has 0 amide bonds. The SMILES string of the molecule is CCCCCCCCC1(O)CC(C)N(C2CC2)C1. The second-order valence-electron chi connectivity index (χ2n) is 6.70. The Bertz CT molecular complexity index is 251. The van der Waals surface area contributed by atoms with Gasteiger partial charge in [0.25, 0.3) is 0 Å². The number of rotatable bonds is 8. The van der Waals surface area contributed by atoms with Crippen molar-refractivity contribution in [3.8, 4) is 0 Å². The Balaban J connectivity index is 1.62. The first-order valence-corrected chi connectivity index (χ1v) is 8.13. The van der Waals surface area contributed by atoms with Gasteiger partial charge in [0, 0.05) is 18.6 Å². The van der Waals surface area contributed by atoms with Gasteiger partial charge in [0.2, 0.25) is 0 Å². The van der Waals surface area contributed by atoms with Crippen LogP contribution < -0.4 is 0 Å². The van der Waals surface area contributed by atoms with Gasteiger partial charge in [-0.3, -0.25) is 4.90 Å². The van der Waals surface area contributed by atoms with Crippen molar-refractivity contribution in [1.82, 2.24) is 4.90 Å². The number of β-amino-alcohol motifs (C(OH)–C–C–N with tert-alkyl or cyclic N) is 1. The van der Waals surface area contributed by atoms with Gasteiger partial charge >= 0.3 is 0 Å². The molecule has 0 spiro atoms. The van der Waals surface area contributed by atoms with Gasteiger partial charge in [0.15, 0.2) is 0 Å². The zero-order valence-corrected chi connectivity index (χ0v) is 12.3. The highest BCUT2D eigenvalue weighted by Gasteiger charge is 2.45. The molecular weight excluding hydrogens is 222 g/mol. The maximum absolute atomic E-state index is 10.7. The predicted octanol–water partition coefficient (Wildman–Crippen LogP) is 3.72. The molecule has 1 heterocycles. The third kappa shape index (κ3) is 3.96. The van der Waals surface area contributed by atoms with Gasteiger partial charge in [-0.15, -0.1) is 0 Å². The van der Waals surface area contributed by atoms with Crippen LogP contribution in [0.15, 0.2) is 0 Å². The molecule has 1 N–H and O–H groups in total. The fourth-order valence-electron chi connectivity index (χ4n) is 3.54. The highest BCUT2D eigenvalue weighted by Crippen LogP contribution is 2.39. The average molecular weight is 253 g/mol. The molecule has 0 aromatic rings. The molecule has 2 heteroatoms. The molecule has 1 saturated heterocycles. The predicted molar refractivity (Wildman–Crippen MR) is 76.7 cm³/mol. The number of nitrogens with zero attached hydrogens (tertiary/aromatic N) is 1. The Morgan fingerprint density at radius 2 is 1.78 bits per heavy atom. The van der Waals surface area contributed by atoms with Crippen molar-refractivity contribution in [1.29, 1.82) is 0 Å². The Morgan fingerprint density at radius 1 is 1.11 bits per heavy atom. The standard InChI is InChI=1S/C16H31NO/c1-3-4-5-6-7-8-11-16(18)12-14(2)17(13-16)15-9-10-15/h14-15,18H,3-13H2,1-2H3. The summed E-state index contributed by atoms with van der Waals surface area (Å²) in [5.41, 5.74) is -0.368. The topological polar surface area (TPSA) is 23.5 Å².